The Bertz CT molecular complexity index is 1560. The van der Waals surface area contributed by atoms with Crippen LogP contribution in [0.5, 0.6) is 0 Å². The minimum atomic E-state index is 0.783. The topological polar surface area (TPSA) is 26.0 Å². The van der Waals surface area contributed by atoms with E-state index in [2.05, 4.69) is 103 Å². The summed E-state index contributed by atoms with van der Waals surface area (Å²) in [6.45, 7) is 0. The van der Waals surface area contributed by atoms with Gasteiger partial charge in [0, 0.05) is 25.9 Å². The van der Waals surface area contributed by atoms with Gasteiger partial charge in [-0.1, -0.05) is 97.1 Å². The number of rotatable bonds is 3. The Morgan fingerprint density at radius 1 is 0.438 bits per heavy atom. The molecule has 0 unspecified atom stereocenters. The molecule has 2 N–H and O–H groups in total. The SMILES string of the molecule is Nc1ccc(-c2ccccc2-c2ccc(-c3cccc4c3sc3ccccc34)cc2)cc1. The van der Waals surface area contributed by atoms with E-state index in [0.717, 1.165) is 5.69 Å². The van der Waals surface area contributed by atoms with Gasteiger partial charge in [-0.25, -0.2) is 0 Å². The van der Waals surface area contributed by atoms with Crippen LogP contribution >= 0.6 is 11.3 Å². The quantitative estimate of drug-likeness (QED) is 0.281. The summed E-state index contributed by atoms with van der Waals surface area (Å²) in [6.07, 6.45) is 0. The third-order valence-electron chi connectivity index (χ3n) is 6.06. The molecule has 1 aromatic heterocycles. The summed E-state index contributed by atoms with van der Waals surface area (Å²) >= 11 is 1.87. The second-order valence-electron chi connectivity index (χ2n) is 8.03. The maximum absolute atomic E-state index is 5.89. The number of hydrogen-bond donors (Lipinski definition) is 1. The molecule has 5 aromatic carbocycles. The van der Waals surface area contributed by atoms with Crippen LogP contribution in [0.2, 0.25) is 0 Å². The third-order valence-corrected chi connectivity index (χ3v) is 7.28. The normalized spacial score (nSPS) is 11.2. The summed E-state index contributed by atoms with van der Waals surface area (Å²) < 4.78 is 2.69. The van der Waals surface area contributed by atoms with Gasteiger partial charge < -0.3 is 5.73 Å². The van der Waals surface area contributed by atoms with Crippen molar-refractivity contribution >= 4 is 37.2 Å². The molecule has 0 bridgehead atoms. The van der Waals surface area contributed by atoms with Crippen LogP contribution in [0.25, 0.3) is 53.6 Å². The fraction of sp³-hybridized carbons (Fsp3) is 0. The molecule has 0 aliphatic carbocycles. The molecule has 6 aromatic rings. The van der Waals surface area contributed by atoms with E-state index in [1.807, 2.05) is 23.5 Å². The second kappa shape index (κ2) is 7.67. The molecule has 0 atom stereocenters. The van der Waals surface area contributed by atoms with Gasteiger partial charge in [-0.3, -0.25) is 0 Å². The molecule has 0 spiro atoms. The number of thiophene rings is 1. The molecule has 2 heteroatoms. The summed E-state index contributed by atoms with van der Waals surface area (Å²) in [5, 5.41) is 2.67. The molecular formula is C30H21NS. The lowest BCUT2D eigenvalue weighted by atomic mass is 9.93. The zero-order valence-corrected chi connectivity index (χ0v) is 18.3. The summed E-state index contributed by atoms with van der Waals surface area (Å²) in [6, 6.07) is 40.9. The first-order valence-electron chi connectivity index (χ1n) is 10.7. The first kappa shape index (κ1) is 18.9. The maximum atomic E-state index is 5.89. The minimum absolute atomic E-state index is 0.783. The summed E-state index contributed by atoms with van der Waals surface area (Å²) in [4.78, 5) is 0. The molecule has 0 amide bonds. The Labute approximate surface area is 191 Å². The van der Waals surface area contributed by atoms with Gasteiger partial charge in [-0.05, 0) is 51.6 Å². The lowest BCUT2D eigenvalue weighted by Crippen LogP contribution is -1.87. The van der Waals surface area contributed by atoms with E-state index in [4.69, 9.17) is 5.73 Å². The Morgan fingerprint density at radius 2 is 0.938 bits per heavy atom. The van der Waals surface area contributed by atoms with Crippen molar-refractivity contribution < 1.29 is 0 Å². The number of benzene rings is 5. The van der Waals surface area contributed by atoms with Gasteiger partial charge in [0.25, 0.3) is 0 Å². The highest BCUT2D eigenvalue weighted by Crippen LogP contribution is 2.40. The average Bonchev–Trinajstić information content (AvgIpc) is 3.24. The molecule has 0 saturated heterocycles. The maximum Gasteiger partial charge on any atom is 0.0433 e. The molecule has 0 aliphatic heterocycles. The van der Waals surface area contributed by atoms with Crippen molar-refractivity contribution in [2.45, 2.75) is 0 Å². The summed E-state index contributed by atoms with van der Waals surface area (Å²) in [5.41, 5.74) is 14.0. The fourth-order valence-electron chi connectivity index (χ4n) is 4.45. The van der Waals surface area contributed by atoms with Crippen LogP contribution in [0, 0.1) is 0 Å². The van der Waals surface area contributed by atoms with Crippen molar-refractivity contribution in [1.29, 1.82) is 0 Å². The monoisotopic (exact) mass is 427 g/mol. The van der Waals surface area contributed by atoms with Crippen LogP contribution in [0.4, 0.5) is 5.69 Å². The smallest absolute Gasteiger partial charge is 0.0433 e. The molecule has 0 aliphatic rings. The van der Waals surface area contributed by atoms with Crippen LogP contribution in [0.15, 0.2) is 115 Å². The van der Waals surface area contributed by atoms with Crippen molar-refractivity contribution in [1.82, 2.24) is 0 Å². The number of anilines is 1. The van der Waals surface area contributed by atoms with Gasteiger partial charge in [-0.2, -0.15) is 0 Å². The van der Waals surface area contributed by atoms with Crippen LogP contribution in [0.3, 0.4) is 0 Å². The molecule has 32 heavy (non-hydrogen) atoms. The molecule has 6 rings (SSSR count). The zero-order valence-electron chi connectivity index (χ0n) is 17.5. The first-order valence-corrected chi connectivity index (χ1v) is 11.6. The van der Waals surface area contributed by atoms with Crippen molar-refractivity contribution in [3.8, 4) is 33.4 Å². The molecule has 1 heterocycles. The summed E-state index contributed by atoms with van der Waals surface area (Å²) in [5.74, 6) is 0. The van der Waals surface area contributed by atoms with Crippen LogP contribution in [-0.4, -0.2) is 0 Å². The summed E-state index contributed by atoms with van der Waals surface area (Å²) in [7, 11) is 0. The molecule has 1 nitrogen and oxygen atoms in total. The fourth-order valence-corrected chi connectivity index (χ4v) is 5.69. The number of nitrogens with two attached hydrogens (primary N) is 1. The highest BCUT2D eigenvalue weighted by molar-refractivity contribution is 7.26. The van der Waals surface area contributed by atoms with E-state index in [-0.39, 0.29) is 0 Å². The van der Waals surface area contributed by atoms with Crippen molar-refractivity contribution in [3.05, 3.63) is 115 Å². The lowest BCUT2D eigenvalue weighted by Gasteiger charge is -2.11. The third kappa shape index (κ3) is 3.17. The molecule has 0 radical (unpaired) electrons. The molecular weight excluding hydrogens is 406 g/mol. The van der Waals surface area contributed by atoms with Crippen molar-refractivity contribution in [2.75, 3.05) is 5.73 Å². The Morgan fingerprint density at radius 3 is 1.62 bits per heavy atom. The zero-order chi connectivity index (χ0) is 21.5. The van der Waals surface area contributed by atoms with E-state index >= 15 is 0 Å². The van der Waals surface area contributed by atoms with E-state index < -0.39 is 0 Å². The van der Waals surface area contributed by atoms with Gasteiger partial charge in [0.2, 0.25) is 0 Å². The van der Waals surface area contributed by atoms with Crippen LogP contribution in [0.1, 0.15) is 0 Å². The number of hydrogen-bond acceptors (Lipinski definition) is 2. The predicted molar refractivity (Wildman–Crippen MR) is 140 cm³/mol. The van der Waals surface area contributed by atoms with Crippen LogP contribution < -0.4 is 5.73 Å². The van der Waals surface area contributed by atoms with E-state index in [1.165, 1.54) is 53.6 Å². The highest BCUT2D eigenvalue weighted by Gasteiger charge is 2.11. The Balaban J connectivity index is 1.44. The number of nitrogen functional groups attached to an aromatic ring is 1. The standard InChI is InChI=1S/C30H21NS/c31-23-18-16-21(17-19-23)25-7-2-1-6-24(25)20-12-14-22(15-13-20)26-9-5-10-28-27-8-3-4-11-29(27)32-30(26)28/h1-19H,31H2. The first-order chi connectivity index (χ1) is 15.8. The molecule has 0 fully saturated rings. The number of fused-ring (bicyclic) bond motifs is 3. The van der Waals surface area contributed by atoms with Gasteiger partial charge >= 0.3 is 0 Å². The highest BCUT2D eigenvalue weighted by atomic mass is 32.1. The van der Waals surface area contributed by atoms with E-state index in [1.54, 1.807) is 0 Å². The van der Waals surface area contributed by atoms with Gasteiger partial charge in [-0.15, -0.1) is 11.3 Å². The molecule has 0 saturated carbocycles. The average molecular weight is 428 g/mol. The second-order valence-corrected chi connectivity index (χ2v) is 9.08. The van der Waals surface area contributed by atoms with Crippen molar-refractivity contribution in [3.63, 3.8) is 0 Å². The Kier molecular flexibility index (Phi) is 4.52. The van der Waals surface area contributed by atoms with Gasteiger partial charge in [0.05, 0.1) is 0 Å². The predicted octanol–water partition coefficient (Wildman–Crippen LogP) is 8.64. The Hall–Kier alpha value is -3.88. The van der Waals surface area contributed by atoms with Crippen molar-refractivity contribution in [2.24, 2.45) is 0 Å². The van der Waals surface area contributed by atoms with Crippen LogP contribution in [-0.2, 0) is 0 Å². The van der Waals surface area contributed by atoms with E-state index in [0.29, 0.717) is 0 Å². The van der Waals surface area contributed by atoms with Gasteiger partial charge in [0.15, 0.2) is 0 Å². The lowest BCUT2D eigenvalue weighted by molar-refractivity contribution is 1.57. The van der Waals surface area contributed by atoms with Gasteiger partial charge in [0.1, 0.15) is 0 Å². The largest absolute Gasteiger partial charge is 0.399 e. The minimum Gasteiger partial charge on any atom is -0.399 e. The van der Waals surface area contributed by atoms with E-state index in [9.17, 15) is 0 Å². The molecule has 152 valence electrons.